The third-order valence-electron chi connectivity index (χ3n) is 4.52. The van der Waals surface area contributed by atoms with Gasteiger partial charge in [0, 0.05) is 16.6 Å². The van der Waals surface area contributed by atoms with Crippen LogP contribution in [0.3, 0.4) is 0 Å². The van der Waals surface area contributed by atoms with E-state index in [1.54, 1.807) is 31.2 Å². The van der Waals surface area contributed by atoms with E-state index in [1.807, 2.05) is 12.1 Å². The van der Waals surface area contributed by atoms with Crippen molar-refractivity contribution in [3.05, 3.63) is 52.5 Å². The molecular formula is C19H16ClNO5. The Kier molecular flexibility index (Phi) is 4.20. The van der Waals surface area contributed by atoms with Crippen molar-refractivity contribution in [1.29, 1.82) is 0 Å². The number of carbonyl (C=O) groups excluding carboxylic acids is 2. The van der Waals surface area contributed by atoms with Gasteiger partial charge in [-0.2, -0.15) is 0 Å². The van der Waals surface area contributed by atoms with Crippen molar-refractivity contribution in [2.24, 2.45) is 5.92 Å². The van der Waals surface area contributed by atoms with Crippen LogP contribution in [0, 0.1) is 5.92 Å². The number of anilines is 1. The van der Waals surface area contributed by atoms with Gasteiger partial charge in [-0.05, 0) is 42.3 Å². The van der Waals surface area contributed by atoms with Gasteiger partial charge in [-0.15, -0.1) is 0 Å². The average Bonchev–Trinajstić information content (AvgIpc) is 3.08. The van der Waals surface area contributed by atoms with Gasteiger partial charge in [0.2, 0.25) is 12.7 Å². The summed E-state index contributed by atoms with van der Waals surface area (Å²) in [5.74, 6) is -1.26. The van der Waals surface area contributed by atoms with Crippen LogP contribution in [0.15, 0.2) is 36.4 Å². The number of fused-ring (bicyclic) bond motifs is 2. The molecule has 0 aliphatic carbocycles. The normalized spacial score (nSPS) is 20.3. The van der Waals surface area contributed by atoms with Gasteiger partial charge in [-0.3, -0.25) is 9.59 Å². The number of amides is 1. The van der Waals surface area contributed by atoms with E-state index in [2.05, 4.69) is 5.32 Å². The molecule has 0 bridgehead atoms. The van der Waals surface area contributed by atoms with E-state index in [-0.39, 0.29) is 13.4 Å². The summed E-state index contributed by atoms with van der Waals surface area (Å²) in [7, 11) is 0. The molecule has 2 aromatic rings. The molecule has 26 heavy (non-hydrogen) atoms. The zero-order valence-corrected chi connectivity index (χ0v) is 14.7. The third kappa shape index (κ3) is 2.76. The fourth-order valence-corrected chi connectivity index (χ4v) is 3.58. The molecule has 7 heteroatoms. The van der Waals surface area contributed by atoms with Crippen molar-refractivity contribution < 1.29 is 23.8 Å². The van der Waals surface area contributed by atoms with Crippen LogP contribution in [-0.2, 0) is 14.3 Å². The maximum absolute atomic E-state index is 12.7. The molecular weight excluding hydrogens is 358 g/mol. The maximum Gasteiger partial charge on any atom is 0.319 e. The molecule has 2 aliphatic rings. The van der Waals surface area contributed by atoms with Gasteiger partial charge in [-0.1, -0.05) is 23.7 Å². The molecule has 2 unspecified atom stereocenters. The molecule has 0 saturated carbocycles. The second kappa shape index (κ2) is 6.53. The third-order valence-corrected chi connectivity index (χ3v) is 4.76. The number of nitrogens with one attached hydrogen (secondary N) is 1. The van der Waals surface area contributed by atoms with Gasteiger partial charge in [0.1, 0.15) is 5.92 Å². The Morgan fingerprint density at radius 1 is 1.23 bits per heavy atom. The summed E-state index contributed by atoms with van der Waals surface area (Å²) in [6.07, 6.45) is 0. The minimum absolute atomic E-state index is 0.150. The summed E-state index contributed by atoms with van der Waals surface area (Å²) in [5, 5.41) is 3.26. The summed E-state index contributed by atoms with van der Waals surface area (Å²) >= 11 is 6.06. The molecule has 0 fully saturated rings. The molecule has 134 valence electrons. The number of rotatable bonds is 3. The standard InChI is InChI=1S/C19H16ClNO5/c1-2-24-19(23)17-16(10-3-6-14-15(7-10)26-9-25-14)12-5-4-11(20)8-13(12)21-18(17)22/h3-8,16-17H,2,9H2,1H3,(H,21,22). The summed E-state index contributed by atoms with van der Waals surface area (Å²) in [4.78, 5) is 25.2. The SMILES string of the molecule is CCOC(=O)C1C(=O)Nc2cc(Cl)ccc2C1c1ccc2c(c1)OCO2. The molecule has 0 aromatic heterocycles. The van der Waals surface area contributed by atoms with Crippen molar-refractivity contribution in [3.63, 3.8) is 0 Å². The highest BCUT2D eigenvalue weighted by atomic mass is 35.5. The van der Waals surface area contributed by atoms with E-state index in [4.69, 9.17) is 25.8 Å². The molecule has 0 radical (unpaired) electrons. The lowest BCUT2D eigenvalue weighted by atomic mass is 9.77. The zero-order valence-electron chi connectivity index (χ0n) is 14.0. The van der Waals surface area contributed by atoms with Gasteiger partial charge < -0.3 is 19.5 Å². The van der Waals surface area contributed by atoms with E-state index in [9.17, 15) is 9.59 Å². The van der Waals surface area contributed by atoms with Crippen molar-refractivity contribution in [1.82, 2.24) is 0 Å². The topological polar surface area (TPSA) is 73.9 Å². The lowest BCUT2D eigenvalue weighted by Gasteiger charge is -2.32. The van der Waals surface area contributed by atoms with E-state index < -0.39 is 23.7 Å². The van der Waals surface area contributed by atoms with Crippen LogP contribution in [0.25, 0.3) is 0 Å². The fraction of sp³-hybridized carbons (Fsp3) is 0.263. The highest BCUT2D eigenvalue weighted by Gasteiger charge is 2.43. The molecule has 1 N–H and O–H groups in total. The lowest BCUT2D eigenvalue weighted by molar-refractivity contribution is -0.151. The number of carbonyl (C=O) groups is 2. The Labute approximate surface area is 155 Å². The number of esters is 1. The van der Waals surface area contributed by atoms with E-state index in [1.165, 1.54) is 0 Å². The van der Waals surface area contributed by atoms with Gasteiger partial charge in [0.05, 0.1) is 6.61 Å². The van der Waals surface area contributed by atoms with Crippen molar-refractivity contribution >= 4 is 29.2 Å². The fourth-order valence-electron chi connectivity index (χ4n) is 3.40. The summed E-state index contributed by atoms with van der Waals surface area (Å²) in [6.45, 7) is 2.06. The van der Waals surface area contributed by atoms with Crippen LogP contribution in [0.2, 0.25) is 5.02 Å². The lowest BCUT2D eigenvalue weighted by Crippen LogP contribution is -2.40. The Balaban J connectivity index is 1.85. The van der Waals surface area contributed by atoms with Crippen LogP contribution in [0.4, 0.5) is 5.69 Å². The van der Waals surface area contributed by atoms with Crippen LogP contribution in [-0.4, -0.2) is 25.3 Å². The highest BCUT2D eigenvalue weighted by Crippen LogP contribution is 2.44. The smallest absolute Gasteiger partial charge is 0.319 e. The van der Waals surface area contributed by atoms with Gasteiger partial charge >= 0.3 is 5.97 Å². The van der Waals surface area contributed by atoms with E-state index in [0.717, 1.165) is 11.1 Å². The van der Waals surface area contributed by atoms with Crippen molar-refractivity contribution in [3.8, 4) is 11.5 Å². The largest absolute Gasteiger partial charge is 0.465 e. The predicted molar refractivity (Wildman–Crippen MR) is 94.6 cm³/mol. The molecule has 0 saturated heterocycles. The first-order valence-corrected chi connectivity index (χ1v) is 8.62. The predicted octanol–water partition coefficient (Wildman–Crippen LogP) is 3.33. The van der Waals surface area contributed by atoms with Gasteiger partial charge in [0.25, 0.3) is 0 Å². The monoisotopic (exact) mass is 373 g/mol. The first-order chi connectivity index (χ1) is 12.6. The van der Waals surface area contributed by atoms with Crippen LogP contribution in [0.5, 0.6) is 11.5 Å². The molecule has 2 aliphatic heterocycles. The molecule has 2 atom stereocenters. The van der Waals surface area contributed by atoms with Crippen LogP contribution in [0.1, 0.15) is 24.0 Å². The Bertz CT molecular complexity index is 897. The van der Waals surface area contributed by atoms with Crippen molar-refractivity contribution in [2.45, 2.75) is 12.8 Å². The number of halogens is 1. The second-order valence-corrected chi connectivity index (χ2v) is 6.48. The van der Waals surface area contributed by atoms with E-state index in [0.29, 0.717) is 22.2 Å². The van der Waals surface area contributed by atoms with Gasteiger partial charge in [-0.25, -0.2) is 0 Å². The molecule has 6 nitrogen and oxygen atoms in total. The van der Waals surface area contributed by atoms with Crippen molar-refractivity contribution in [2.75, 3.05) is 18.7 Å². The molecule has 4 rings (SSSR count). The van der Waals surface area contributed by atoms with E-state index >= 15 is 0 Å². The number of hydrogen-bond acceptors (Lipinski definition) is 5. The quantitative estimate of drug-likeness (QED) is 0.660. The first kappa shape index (κ1) is 16.7. The number of ether oxygens (including phenoxy) is 3. The Hall–Kier alpha value is -2.73. The average molecular weight is 374 g/mol. The Morgan fingerprint density at radius 2 is 2.04 bits per heavy atom. The summed E-state index contributed by atoms with van der Waals surface area (Å²) < 4.78 is 15.9. The first-order valence-electron chi connectivity index (χ1n) is 8.25. The van der Waals surface area contributed by atoms with Crippen LogP contribution < -0.4 is 14.8 Å². The zero-order chi connectivity index (χ0) is 18.3. The highest BCUT2D eigenvalue weighted by molar-refractivity contribution is 6.31. The summed E-state index contributed by atoms with van der Waals surface area (Å²) in [5.41, 5.74) is 2.15. The molecule has 0 spiro atoms. The minimum atomic E-state index is -0.996. The van der Waals surface area contributed by atoms with Crippen LogP contribution >= 0.6 is 11.6 Å². The van der Waals surface area contributed by atoms with Gasteiger partial charge in [0.15, 0.2) is 11.5 Å². The Morgan fingerprint density at radius 3 is 2.85 bits per heavy atom. The molecule has 2 heterocycles. The summed E-state index contributed by atoms with van der Waals surface area (Å²) in [6, 6.07) is 10.6. The minimum Gasteiger partial charge on any atom is -0.465 e. The number of benzene rings is 2. The molecule has 2 aromatic carbocycles. The maximum atomic E-state index is 12.7. The number of hydrogen-bond donors (Lipinski definition) is 1. The second-order valence-electron chi connectivity index (χ2n) is 6.04. The molecule has 1 amide bonds.